The Hall–Kier alpha value is -0.810. The van der Waals surface area contributed by atoms with Crippen LogP contribution in [0.15, 0.2) is 4.99 Å². The number of nitrogens with zero attached hydrogens (tertiary/aromatic N) is 1. The van der Waals surface area contributed by atoms with Gasteiger partial charge in [0.25, 0.3) is 0 Å². The van der Waals surface area contributed by atoms with Crippen LogP contribution < -0.4 is 16.6 Å². The van der Waals surface area contributed by atoms with Crippen LogP contribution >= 0.6 is 0 Å². The number of hydrogen-bond donors (Lipinski definition) is 3. The SMILES string of the molecule is CCCCCCC(C)NC(=NCCCOCC)NN. The number of nitrogens with one attached hydrogen (secondary N) is 2. The van der Waals surface area contributed by atoms with Gasteiger partial charge in [-0.1, -0.05) is 32.6 Å². The zero-order chi connectivity index (χ0) is 14.3. The van der Waals surface area contributed by atoms with Crippen LogP contribution in [0.2, 0.25) is 0 Å². The van der Waals surface area contributed by atoms with Crippen LogP contribution in [0, 0.1) is 0 Å². The summed E-state index contributed by atoms with van der Waals surface area (Å²) in [5, 5.41) is 3.31. The van der Waals surface area contributed by atoms with Gasteiger partial charge in [0.1, 0.15) is 0 Å². The molecule has 0 radical (unpaired) electrons. The van der Waals surface area contributed by atoms with Gasteiger partial charge in [-0.15, -0.1) is 0 Å². The lowest BCUT2D eigenvalue weighted by Gasteiger charge is -2.16. The van der Waals surface area contributed by atoms with Gasteiger partial charge in [-0.2, -0.15) is 0 Å². The Morgan fingerprint density at radius 2 is 2.00 bits per heavy atom. The standard InChI is InChI=1S/C14H32N4O/c1-4-6-7-8-10-13(3)17-14(18-15)16-11-9-12-19-5-2/h13H,4-12,15H2,1-3H3,(H2,16,17,18). The molecule has 0 aromatic rings. The molecule has 0 bridgehead atoms. The van der Waals surface area contributed by atoms with Gasteiger partial charge in [-0.05, 0) is 26.7 Å². The molecule has 0 rings (SSSR count). The van der Waals surface area contributed by atoms with Crippen molar-refractivity contribution in [2.45, 2.75) is 65.3 Å². The molecule has 0 amide bonds. The number of aliphatic imine (C=N–C) groups is 1. The first-order chi connectivity index (χ1) is 9.24. The lowest BCUT2D eigenvalue weighted by atomic mass is 10.1. The van der Waals surface area contributed by atoms with Crippen LogP contribution in [-0.2, 0) is 4.74 Å². The first kappa shape index (κ1) is 18.2. The number of nitrogens with two attached hydrogens (primary N) is 1. The van der Waals surface area contributed by atoms with Crippen LogP contribution in [0.4, 0.5) is 0 Å². The fraction of sp³-hybridized carbons (Fsp3) is 0.929. The summed E-state index contributed by atoms with van der Waals surface area (Å²) in [7, 11) is 0. The maximum atomic E-state index is 5.46. The highest BCUT2D eigenvalue weighted by atomic mass is 16.5. The normalized spacial score (nSPS) is 13.4. The maximum Gasteiger partial charge on any atom is 0.205 e. The van der Waals surface area contributed by atoms with Crippen molar-refractivity contribution in [3.05, 3.63) is 0 Å². The molecule has 19 heavy (non-hydrogen) atoms. The van der Waals surface area contributed by atoms with E-state index in [4.69, 9.17) is 10.6 Å². The smallest absolute Gasteiger partial charge is 0.205 e. The van der Waals surface area contributed by atoms with E-state index in [0.717, 1.165) is 32.6 Å². The molecule has 0 saturated heterocycles. The van der Waals surface area contributed by atoms with Crippen molar-refractivity contribution < 1.29 is 4.74 Å². The highest BCUT2D eigenvalue weighted by Gasteiger charge is 2.03. The lowest BCUT2D eigenvalue weighted by Crippen LogP contribution is -2.45. The summed E-state index contributed by atoms with van der Waals surface area (Å²) in [6.07, 6.45) is 7.23. The van der Waals surface area contributed by atoms with E-state index in [1.807, 2.05) is 6.92 Å². The fourth-order valence-corrected chi connectivity index (χ4v) is 1.82. The Morgan fingerprint density at radius 3 is 2.63 bits per heavy atom. The zero-order valence-electron chi connectivity index (χ0n) is 12.9. The predicted octanol–water partition coefficient (Wildman–Crippen LogP) is 2.18. The molecule has 4 N–H and O–H groups in total. The van der Waals surface area contributed by atoms with Crippen LogP contribution in [0.25, 0.3) is 0 Å². The minimum absolute atomic E-state index is 0.401. The van der Waals surface area contributed by atoms with Crippen molar-refractivity contribution in [1.82, 2.24) is 10.7 Å². The summed E-state index contributed by atoms with van der Waals surface area (Å²) in [6.45, 7) is 8.64. The third-order valence-electron chi connectivity index (χ3n) is 2.93. The van der Waals surface area contributed by atoms with Crippen molar-refractivity contribution in [3.63, 3.8) is 0 Å². The third-order valence-corrected chi connectivity index (χ3v) is 2.93. The highest BCUT2D eigenvalue weighted by Crippen LogP contribution is 2.04. The second kappa shape index (κ2) is 13.6. The molecule has 1 atom stereocenters. The van der Waals surface area contributed by atoms with E-state index in [1.165, 1.54) is 25.7 Å². The molecule has 0 aromatic carbocycles. The minimum atomic E-state index is 0.401. The third kappa shape index (κ3) is 12.0. The van der Waals surface area contributed by atoms with Crippen molar-refractivity contribution in [2.75, 3.05) is 19.8 Å². The van der Waals surface area contributed by atoms with Gasteiger partial charge in [0, 0.05) is 25.8 Å². The second-order valence-corrected chi connectivity index (χ2v) is 4.82. The Morgan fingerprint density at radius 1 is 1.21 bits per heavy atom. The number of unbranched alkanes of at least 4 members (excludes halogenated alkanes) is 3. The zero-order valence-corrected chi connectivity index (χ0v) is 12.9. The summed E-state index contributed by atoms with van der Waals surface area (Å²) >= 11 is 0. The number of rotatable bonds is 11. The van der Waals surface area contributed by atoms with E-state index in [9.17, 15) is 0 Å². The van der Waals surface area contributed by atoms with Gasteiger partial charge in [0.05, 0.1) is 0 Å². The van der Waals surface area contributed by atoms with Crippen LogP contribution in [0.1, 0.15) is 59.3 Å². The topological polar surface area (TPSA) is 71.7 Å². The Labute approximate surface area is 118 Å². The van der Waals surface area contributed by atoms with E-state index in [1.54, 1.807) is 0 Å². The molecule has 5 heteroatoms. The van der Waals surface area contributed by atoms with E-state index >= 15 is 0 Å². The first-order valence-corrected chi connectivity index (χ1v) is 7.59. The van der Waals surface area contributed by atoms with Gasteiger partial charge < -0.3 is 10.1 Å². The molecule has 0 saturated carbocycles. The molecule has 0 aliphatic heterocycles. The van der Waals surface area contributed by atoms with Crippen molar-refractivity contribution in [2.24, 2.45) is 10.8 Å². The Kier molecular flexibility index (Phi) is 13.0. The number of hydrogen-bond acceptors (Lipinski definition) is 3. The van der Waals surface area contributed by atoms with E-state index in [2.05, 4.69) is 29.6 Å². The summed E-state index contributed by atoms with van der Waals surface area (Å²) < 4.78 is 5.26. The van der Waals surface area contributed by atoms with Crippen molar-refractivity contribution in [3.8, 4) is 0 Å². The Bertz CT molecular complexity index is 221. The summed E-state index contributed by atoms with van der Waals surface area (Å²) in [5.74, 6) is 6.14. The molecule has 114 valence electrons. The molecule has 0 fully saturated rings. The highest BCUT2D eigenvalue weighted by molar-refractivity contribution is 5.79. The summed E-state index contributed by atoms with van der Waals surface area (Å²) in [5.41, 5.74) is 2.62. The average Bonchev–Trinajstić information content (AvgIpc) is 2.42. The molecule has 0 aromatic heterocycles. The minimum Gasteiger partial charge on any atom is -0.382 e. The van der Waals surface area contributed by atoms with Gasteiger partial charge in [-0.25, -0.2) is 5.84 Å². The summed E-state index contributed by atoms with van der Waals surface area (Å²) in [6, 6.07) is 0.401. The Balaban J connectivity index is 3.73. The molecule has 0 aliphatic rings. The summed E-state index contributed by atoms with van der Waals surface area (Å²) in [4.78, 5) is 4.39. The lowest BCUT2D eigenvalue weighted by molar-refractivity contribution is 0.146. The maximum absolute atomic E-state index is 5.46. The molecule has 5 nitrogen and oxygen atoms in total. The van der Waals surface area contributed by atoms with E-state index in [-0.39, 0.29) is 0 Å². The van der Waals surface area contributed by atoms with Gasteiger partial charge in [0.2, 0.25) is 5.96 Å². The van der Waals surface area contributed by atoms with Gasteiger partial charge in [0.15, 0.2) is 0 Å². The molecular weight excluding hydrogens is 240 g/mol. The van der Waals surface area contributed by atoms with Crippen LogP contribution in [0.5, 0.6) is 0 Å². The second-order valence-electron chi connectivity index (χ2n) is 4.82. The van der Waals surface area contributed by atoms with Gasteiger partial charge in [-0.3, -0.25) is 10.4 Å². The molecule has 0 aliphatic carbocycles. The van der Waals surface area contributed by atoms with Crippen molar-refractivity contribution in [1.29, 1.82) is 0 Å². The molecule has 0 spiro atoms. The molecular formula is C14H32N4O. The predicted molar refractivity (Wildman–Crippen MR) is 82.1 cm³/mol. The molecule has 0 heterocycles. The van der Waals surface area contributed by atoms with E-state index < -0.39 is 0 Å². The van der Waals surface area contributed by atoms with Crippen LogP contribution in [0.3, 0.4) is 0 Å². The van der Waals surface area contributed by atoms with Crippen LogP contribution in [-0.4, -0.2) is 31.8 Å². The van der Waals surface area contributed by atoms with Crippen molar-refractivity contribution >= 4 is 5.96 Å². The quantitative estimate of drug-likeness (QED) is 0.177. The largest absolute Gasteiger partial charge is 0.382 e. The number of guanidine groups is 1. The fourth-order valence-electron chi connectivity index (χ4n) is 1.82. The average molecular weight is 272 g/mol. The van der Waals surface area contributed by atoms with E-state index in [0.29, 0.717) is 12.0 Å². The monoisotopic (exact) mass is 272 g/mol. The number of ether oxygens (including phenoxy) is 1. The number of hydrazine groups is 1. The first-order valence-electron chi connectivity index (χ1n) is 7.59. The molecule has 1 unspecified atom stereocenters. The van der Waals surface area contributed by atoms with Gasteiger partial charge >= 0.3 is 0 Å².